The van der Waals surface area contributed by atoms with Crippen molar-refractivity contribution in [1.82, 2.24) is 0 Å². The van der Waals surface area contributed by atoms with Crippen LogP contribution in [0.4, 0.5) is 10.1 Å². The minimum atomic E-state index is -0.608. The fourth-order valence-corrected chi connectivity index (χ4v) is 1.31. The minimum Gasteiger partial charge on any atom is -0.423 e. The number of halogens is 1. The Hall–Kier alpha value is -2.36. The lowest BCUT2D eigenvalue weighted by Crippen LogP contribution is -2.08. The monoisotopic (exact) mass is 231 g/mol. The lowest BCUT2D eigenvalue weighted by molar-refractivity contribution is 0.0734. The van der Waals surface area contributed by atoms with Crippen LogP contribution in [0.3, 0.4) is 0 Å². The van der Waals surface area contributed by atoms with E-state index in [0.29, 0.717) is 5.56 Å². The third-order valence-electron chi connectivity index (χ3n) is 2.19. The maximum absolute atomic E-state index is 13.1. The normalized spacial score (nSPS) is 9.94. The molecule has 2 aromatic rings. The van der Waals surface area contributed by atoms with Crippen molar-refractivity contribution in [2.75, 3.05) is 5.73 Å². The van der Waals surface area contributed by atoms with Gasteiger partial charge in [-0.3, -0.25) is 0 Å². The molecule has 0 aliphatic heterocycles. The molecular weight excluding hydrogens is 221 g/mol. The van der Waals surface area contributed by atoms with Crippen LogP contribution in [0, 0.1) is 5.82 Å². The van der Waals surface area contributed by atoms with Crippen LogP contribution < -0.4 is 10.5 Å². The number of ether oxygens (including phenoxy) is 1. The first-order valence-electron chi connectivity index (χ1n) is 4.99. The number of nitrogens with two attached hydrogens (primary N) is 1. The van der Waals surface area contributed by atoms with Crippen LogP contribution in [-0.2, 0) is 0 Å². The van der Waals surface area contributed by atoms with E-state index >= 15 is 0 Å². The largest absolute Gasteiger partial charge is 0.423 e. The van der Waals surface area contributed by atoms with E-state index in [-0.39, 0.29) is 11.4 Å². The highest BCUT2D eigenvalue weighted by atomic mass is 19.1. The molecule has 0 aliphatic carbocycles. The number of rotatable bonds is 2. The summed E-state index contributed by atoms with van der Waals surface area (Å²) in [5.74, 6) is -1.01. The van der Waals surface area contributed by atoms with Gasteiger partial charge in [0.1, 0.15) is 11.6 Å². The van der Waals surface area contributed by atoms with Crippen LogP contribution >= 0.6 is 0 Å². The predicted molar refractivity (Wildman–Crippen MR) is 62.2 cm³/mol. The summed E-state index contributed by atoms with van der Waals surface area (Å²) in [5.41, 5.74) is 5.74. The second-order valence-corrected chi connectivity index (χ2v) is 3.44. The van der Waals surface area contributed by atoms with Crippen LogP contribution in [0.2, 0.25) is 0 Å². The Morgan fingerprint density at radius 3 is 2.47 bits per heavy atom. The molecule has 0 saturated carbocycles. The molecule has 0 radical (unpaired) electrons. The van der Waals surface area contributed by atoms with Crippen molar-refractivity contribution in [1.29, 1.82) is 0 Å². The number of hydrogen-bond acceptors (Lipinski definition) is 3. The lowest BCUT2D eigenvalue weighted by Gasteiger charge is -2.05. The standard InChI is InChI=1S/C13H10FNO2/c14-11-8-10(6-7-12(11)15)17-13(16)9-4-2-1-3-5-9/h1-8H,15H2. The van der Waals surface area contributed by atoms with E-state index in [9.17, 15) is 9.18 Å². The van der Waals surface area contributed by atoms with E-state index in [1.165, 1.54) is 12.1 Å². The predicted octanol–water partition coefficient (Wildman–Crippen LogP) is 2.63. The van der Waals surface area contributed by atoms with Crippen LogP contribution in [0.5, 0.6) is 5.75 Å². The van der Waals surface area contributed by atoms with Crippen LogP contribution in [0.25, 0.3) is 0 Å². The van der Waals surface area contributed by atoms with Crippen molar-refractivity contribution in [2.45, 2.75) is 0 Å². The van der Waals surface area contributed by atoms with Gasteiger partial charge in [-0.2, -0.15) is 0 Å². The highest BCUT2D eigenvalue weighted by Crippen LogP contribution is 2.19. The number of nitrogen functional groups attached to an aromatic ring is 1. The first-order chi connectivity index (χ1) is 8.16. The molecule has 2 aromatic carbocycles. The summed E-state index contributed by atoms with van der Waals surface area (Å²) in [4.78, 5) is 11.6. The van der Waals surface area contributed by atoms with Crippen LogP contribution in [0.15, 0.2) is 48.5 Å². The number of carbonyl (C=O) groups excluding carboxylic acids is 1. The summed E-state index contributed by atoms with van der Waals surface area (Å²) in [6, 6.07) is 12.4. The molecule has 0 spiro atoms. The minimum absolute atomic E-state index is 0.0181. The van der Waals surface area contributed by atoms with Crippen molar-refractivity contribution in [3.05, 3.63) is 59.9 Å². The summed E-state index contributed by atoms with van der Waals surface area (Å²) < 4.78 is 18.1. The van der Waals surface area contributed by atoms with Crippen molar-refractivity contribution in [3.63, 3.8) is 0 Å². The average Bonchev–Trinajstić information content (AvgIpc) is 2.35. The molecule has 0 fully saturated rings. The Balaban J connectivity index is 2.16. The fourth-order valence-electron chi connectivity index (χ4n) is 1.31. The summed E-state index contributed by atoms with van der Waals surface area (Å²) in [6.07, 6.45) is 0. The van der Waals surface area contributed by atoms with Crippen molar-refractivity contribution in [3.8, 4) is 5.75 Å². The molecule has 0 aliphatic rings. The topological polar surface area (TPSA) is 52.3 Å². The zero-order chi connectivity index (χ0) is 12.3. The van der Waals surface area contributed by atoms with Crippen molar-refractivity contribution >= 4 is 11.7 Å². The Bertz CT molecular complexity index is 540. The SMILES string of the molecule is Nc1ccc(OC(=O)c2ccccc2)cc1F. The van der Waals surface area contributed by atoms with E-state index < -0.39 is 11.8 Å². The zero-order valence-electron chi connectivity index (χ0n) is 8.89. The van der Waals surface area contributed by atoms with Gasteiger partial charge in [0.15, 0.2) is 0 Å². The van der Waals surface area contributed by atoms with E-state index in [4.69, 9.17) is 10.5 Å². The number of hydrogen-bond donors (Lipinski definition) is 1. The average molecular weight is 231 g/mol. The maximum atomic E-state index is 13.1. The molecule has 0 bridgehead atoms. The number of carbonyl (C=O) groups is 1. The Morgan fingerprint density at radius 1 is 1.12 bits per heavy atom. The third-order valence-corrected chi connectivity index (χ3v) is 2.19. The quantitative estimate of drug-likeness (QED) is 0.491. The smallest absolute Gasteiger partial charge is 0.343 e. The molecule has 2 N–H and O–H groups in total. The van der Waals surface area contributed by atoms with Gasteiger partial charge in [-0.15, -0.1) is 0 Å². The van der Waals surface area contributed by atoms with Gasteiger partial charge >= 0.3 is 5.97 Å². The first-order valence-corrected chi connectivity index (χ1v) is 4.99. The number of esters is 1. The van der Waals surface area contributed by atoms with Gasteiger partial charge in [-0.05, 0) is 24.3 Å². The van der Waals surface area contributed by atoms with Gasteiger partial charge in [0.2, 0.25) is 0 Å². The highest BCUT2D eigenvalue weighted by molar-refractivity contribution is 5.90. The lowest BCUT2D eigenvalue weighted by atomic mass is 10.2. The number of anilines is 1. The molecule has 0 atom stereocenters. The molecule has 0 heterocycles. The first kappa shape index (κ1) is 11.1. The molecule has 86 valence electrons. The van der Waals surface area contributed by atoms with Gasteiger partial charge in [-0.1, -0.05) is 18.2 Å². The van der Waals surface area contributed by atoms with Crippen LogP contribution in [-0.4, -0.2) is 5.97 Å². The third kappa shape index (κ3) is 2.60. The molecule has 0 saturated heterocycles. The summed E-state index contributed by atoms with van der Waals surface area (Å²) in [7, 11) is 0. The zero-order valence-corrected chi connectivity index (χ0v) is 8.89. The van der Waals surface area contributed by atoms with Gasteiger partial charge < -0.3 is 10.5 Å². The van der Waals surface area contributed by atoms with Gasteiger partial charge in [0.05, 0.1) is 11.3 Å². The molecule has 0 amide bonds. The summed E-state index contributed by atoms with van der Waals surface area (Å²) >= 11 is 0. The van der Waals surface area contributed by atoms with Crippen LogP contribution in [0.1, 0.15) is 10.4 Å². The van der Waals surface area contributed by atoms with E-state index in [1.54, 1.807) is 30.3 Å². The highest BCUT2D eigenvalue weighted by Gasteiger charge is 2.08. The molecular formula is C13H10FNO2. The second-order valence-electron chi connectivity index (χ2n) is 3.44. The van der Waals surface area contributed by atoms with Crippen molar-refractivity contribution < 1.29 is 13.9 Å². The molecule has 3 nitrogen and oxygen atoms in total. The molecule has 0 aromatic heterocycles. The molecule has 0 unspecified atom stereocenters. The Morgan fingerprint density at radius 2 is 1.82 bits per heavy atom. The molecule has 17 heavy (non-hydrogen) atoms. The fraction of sp³-hybridized carbons (Fsp3) is 0. The number of benzene rings is 2. The van der Waals surface area contributed by atoms with Gasteiger partial charge in [0, 0.05) is 6.07 Å². The Kier molecular flexibility index (Phi) is 3.05. The maximum Gasteiger partial charge on any atom is 0.343 e. The van der Waals surface area contributed by atoms with E-state index in [1.807, 2.05) is 0 Å². The van der Waals surface area contributed by atoms with Gasteiger partial charge in [0.25, 0.3) is 0 Å². The summed E-state index contributed by atoms with van der Waals surface area (Å²) in [6.45, 7) is 0. The molecule has 4 heteroatoms. The second kappa shape index (κ2) is 4.65. The summed E-state index contributed by atoms with van der Waals surface area (Å²) in [5, 5.41) is 0. The van der Waals surface area contributed by atoms with Crippen molar-refractivity contribution in [2.24, 2.45) is 0 Å². The van der Waals surface area contributed by atoms with E-state index in [2.05, 4.69) is 0 Å². The Labute approximate surface area is 97.6 Å². The molecule has 2 rings (SSSR count). The van der Waals surface area contributed by atoms with Gasteiger partial charge in [-0.25, -0.2) is 9.18 Å². The van der Waals surface area contributed by atoms with E-state index in [0.717, 1.165) is 6.07 Å².